The SMILES string of the molecule is CS(=O)(=O)c1ccc(CC(=O)Nc2nnc([C@@H]3CCCO3)o2)cc1. The van der Waals surface area contributed by atoms with Gasteiger partial charge in [0.1, 0.15) is 6.10 Å². The molecular formula is C15H17N3O5S. The summed E-state index contributed by atoms with van der Waals surface area (Å²) >= 11 is 0. The number of hydrogen-bond donors (Lipinski definition) is 1. The average molecular weight is 351 g/mol. The summed E-state index contributed by atoms with van der Waals surface area (Å²) in [5, 5.41) is 10.2. The van der Waals surface area contributed by atoms with Crippen LogP contribution in [0.4, 0.5) is 6.01 Å². The van der Waals surface area contributed by atoms with Gasteiger partial charge in [0.05, 0.1) is 11.3 Å². The highest BCUT2D eigenvalue weighted by Crippen LogP contribution is 2.28. The summed E-state index contributed by atoms with van der Waals surface area (Å²) in [7, 11) is -3.25. The van der Waals surface area contributed by atoms with Crippen molar-refractivity contribution in [2.24, 2.45) is 0 Å². The molecule has 0 radical (unpaired) electrons. The quantitative estimate of drug-likeness (QED) is 0.869. The molecule has 1 amide bonds. The molecule has 0 saturated carbocycles. The molecule has 1 saturated heterocycles. The maximum atomic E-state index is 12.0. The van der Waals surface area contributed by atoms with E-state index < -0.39 is 9.84 Å². The monoisotopic (exact) mass is 351 g/mol. The van der Waals surface area contributed by atoms with E-state index in [9.17, 15) is 13.2 Å². The number of rotatable bonds is 5. The lowest BCUT2D eigenvalue weighted by molar-refractivity contribution is -0.115. The highest BCUT2D eigenvalue weighted by Gasteiger charge is 2.24. The number of nitrogens with zero attached hydrogens (tertiary/aromatic N) is 2. The first-order valence-corrected chi connectivity index (χ1v) is 9.35. The van der Waals surface area contributed by atoms with Crippen molar-refractivity contribution in [3.8, 4) is 0 Å². The lowest BCUT2D eigenvalue weighted by Gasteiger charge is -2.03. The van der Waals surface area contributed by atoms with E-state index in [0.717, 1.165) is 19.1 Å². The Bertz CT molecular complexity index is 823. The van der Waals surface area contributed by atoms with E-state index in [4.69, 9.17) is 9.15 Å². The van der Waals surface area contributed by atoms with Gasteiger partial charge in [0, 0.05) is 12.9 Å². The van der Waals surface area contributed by atoms with Crippen LogP contribution >= 0.6 is 0 Å². The zero-order valence-electron chi connectivity index (χ0n) is 13.1. The van der Waals surface area contributed by atoms with Gasteiger partial charge in [0.15, 0.2) is 9.84 Å². The maximum absolute atomic E-state index is 12.0. The number of anilines is 1. The first kappa shape index (κ1) is 16.6. The van der Waals surface area contributed by atoms with Crippen LogP contribution in [0.15, 0.2) is 33.6 Å². The molecule has 1 aromatic heterocycles. The lowest BCUT2D eigenvalue weighted by Crippen LogP contribution is -2.14. The molecule has 128 valence electrons. The highest BCUT2D eigenvalue weighted by atomic mass is 32.2. The van der Waals surface area contributed by atoms with Crippen LogP contribution in [-0.2, 0) is 25.8 Å². The number of hydrogen-bond acceptors (Lipinski definition) is 7. The van der Waals surface area contributed by atoms with Crippen molar-refractivity contribution >= 4 is 21.8 Å². The Labute approximate surface area is 139 Å². The first-order chi connectivity index (χ1) is 11.4. The fourth-order valence-electron chi connectivity index (χ4n) is 2.39. The molecule has 1 aliphatic heterocycles. The van der Waals surface area contributed by atoms with Gasteiger partial charge in [-0.15, -0.1) is 5.10 Å². The van der Waals surface area contributed by atoms with Crippen LogP contribution in [0.3, 0.4) is 0 Å². The normalized spacial score (nSPS) is 17.8. The van der Waals surface area contributed by atoms with E-state index >= 15 is 0 Å². The summed E-state index contributed by atoms with van der Waals surface area (Å²) < 4.78 is 33.6. The van der Waals surface area contributed by atoms with Crippen LogP contribution in [0, 0.1) is 0 Å². The molecule has 0 spiro atoms. The largest absolute Gasteiger partial charge is 0.405 e. The van der Waals surface area contributed by atoms with Gasteiger partial charge in [0.2, 0.25) is 11.8 Å². The molecule has 0 unspecified atom stereocenters. The predicted octanol–water partition coefficient (Wildman–Crippen LogP) is 1.51. The minimum Gasteiger partial charge on any atom is -0.405 e. The van der Waals surface area contributed by atoms with Crippen LogP contribution in [0.25, 0.3) is 0 Å². The topological polar surface area (TPSA) is 111 Å². The third-order valence-electron chi connectivity index (χ3n) is 3.61. The van der Waals surface area contributed by atoms with Crippen molar-refractivity contribution in [2.45, 2.75) is 30.3 Å². The third-order valence-corrected chi connectivity index (χ3v) is 4.74. The fourth-order valence-corrected chi connectivity index (χ4v) is 3.02. The molecular weight excluding hydrogens is 334 g/mol. The van der Waals surface area contributed by atoms with E-state index in [0.29, 0.717) is 18.1 Å². The van der Waals surface area contributed by atoms with Gasteiger partial charge in [0.25, 0.3) is 0 Å². The summed E-state index contributed by atoms with van der Waals surface area (Å²) in [6, 6.07) is 6.17. The summed E-state index contributed by atoms with van der Waals surface area (Å²) in [6.07, 6.45) is 2.77. The second kappa shape index (κ2) is 6.70. The number of benzene rings is 1. The summed E-state index contributed by atoms with van der Waals surface area (Å²) in [4.78, 5) is 12.2. The Morgan fingerprint density at radius 3 is 2.67 bits per heavy atom. The smallest absolute Gasteiger partial charge is 0.322 e. The number of carbonyl (C=O) groups excluding carboxylic acids is 1. The Morgan fingerprint density at radius 2 is 2.04 bits per heavy atom. The molecule has 0 aliphatic carbocycles. The van der Waals surface area contributed by atoms with E-state index in [2.05, 4.69) is 15.5 Å². The van der Waals surface area contributed by atoms with Gasteiger partial charge >= 0.3 is 6.01 Å². The van der Waals surface area contributed by atoms with Crippen LogP contribution in [0.1, 0.15) is 30.4 Å². The Hall–Kier alpha value is -2.26. The van der Waals surface area contributed by atoms with Crippen LogP contribution < -0.4 is 5.32 Å². The summed E-state index contributed by atoms with van der Waals surface area (Å²) in [5.74, 6) is 0.0324. The highest BCUT2D eigenvalue weighted by molar-refractivity contribution is 7.90. The zero-order chi connectivity index (χ0) is 17.2. The number of ether oxygens (including phenoxy) is 1. The Morgan fingerprint density at radius 1 is 1.29 bits per heavy atom. The van der Waals surface area contributed by atoms with Gasteiger partial charge in [-0.05, 0) is 30.5 Å². The number of carbonyl (C=O) groups is 1. The molecule has 1 fully saturated rings. The summed E-state index contributed by atoms with van der Waals surface area (Å²) in [6.45, 7) is 0.665. The number of amides is 1. The molecule has 24 heavy (non-hydrogen) atoms. The predicted molar refractivity (Wildman–Crippen MR) is 84.1 cm³/mol. The van der Waals surface area contributed by atoms with Gasteiger partial charge in [-0.1, -0.05) is 17.2 Å². The zero-order valence-corrected chi connectivity index (χ0v) is 13.9. The number of sulfone groups is 1. The van der Waals surface area contributed by atoms with Crippen molar-refractivity contribution in [1.82, 2.24) is 10.2 Å². The summed E-state index contributed by atoms with van der Waals surface area (Å²) in [5.41, 5.74) is 0.679. The van der Waals surface area contributed by atoms with Crippen molar-refractivity contribution in [3.05, 3.63) is 35.7 Å². The lowest BCUT2D eigenvalue weighted by atomic mass is 10.1. The third kappa shape index (κ3) is 3.98. The minimum absolute atomic E-state index is 0.0262. The second-order valence-corrected chi connectivity index (χ2v) is 7.60. The molecule has 1 aliphatic rings. The average Bonchev–Trinajstić information content (AvgIpc) is 3.17. The molecule has 8 nitrogen and oxygen atoms in total. The van der Waals surface area contributed by atoms with Crippen molar-refractivity contribution in [1.29, 1.82) is 0 Å². The van der Waals surface area contributed by atoms with E-state index in [1.807, 2.05) is 0 Å². The van der Waals surface area contributed by atoms with Crippen LogP contribution in [0.5, 0.6) is 0 Å². The molecule has 1 N–H and O–H groups in total. The molecule has 2 heterocycles. The van der Waals surface area contributed by atoms with Gasteiger partial charge < -0.3 is 9.15 Å². The van der Waals surface area contributed by atoms with Crippen molar-refractivity contribution < 1.29 is 22.4 Å². The van der Waals surface area contributed by atoms with Gasteiger partial charge in [-0.3, -0.25) is 10.1 Å². The molecule has 1 atom stereocenters. The Kier molecular flexibility index (Phi) is 4.63. The number of nitrogens with one attached hydrogen (secondary N) is 1. The van der Waals surface area contributed by atoms with Gasteiger partial charge in [-0.2, -0.15) is 0 Å². The van der Waals surface area contributed by atoms with Gasteiger partial charge in [-0.25, -0.2) is 8.42 Å². The van der Waals surface area contributed by atoms with E-state index in [1.165, 1.54) is 12.1 Å². The second-order valence-electron chi connectivity index (χ2n) is 5.59. The molecule has 2 aromatic rings. The molecule has 3 rings (SSSR count). The Balaban J connectivity index is 1.59. The first-order valence-electron chi connectivity index (χ1n) is 7.46. The van der Waals surface area contributed by atoms with Crippen molar-refractivity contribution in [2.75, 3.05) is 18.2 Å². The molecule has 0 bridgehead atoms. The molecule has 1 aromatic carbocycles. The maximum Gasteiger partial charge on any atom is 0.322 e. The van der Waals surface area contributed by atoms with E-state index in [1.54, 1.807) is 12.1 Å². The van der Waals surface area contributed by atoms with Crippen molar-refractivity contribution in [3.63, 3.8) is 0 Å². The fraction of sp³-hybridized carbons (Fsp3) is 0.400. The van der Waals surface area contributed by atoms with Crippen LogP contribution in [0.2, 0.25) is 0 Å². The van der Waals surface area contributed by atoms with E-state index in [-0.39, 0.29) is 29.3 Å². The number of aromatic nitrogens is 2. The standard InChI is InChI=1S/C15H17N3O5S/c1-24(20,21)11-6-4-10(5-7-11)9-13(19)16-15-18-17-14(23-15)12-3-2-8-22-12/h4-7,12H,2-3,8-9H2,1H3,(H,16,18,19)/t12-/m0/s1. The van der Waals surface area contributed by atoms with Crippen LogP contribution in [-0.4, -0.2) is 37.4 Å². The molecule has 9 heteroatoms. The minimum atomic E-state index is -3.25.